The zero-order valence-corrected chi connectivity index (χ0v) is 8.19. The number of aromatic hydroxyl groups is 1. The molecule has 7 nitrogen and oxygen atoms in total. The minimum absolute atomic E-state index is 0.339. The number of alkyl halides is 3. The molecule has 0 aliphatic rings. The topological polar surface area (TPSA) is 94.7 Å². The molecule has 0 saturated carbocycles. The van der Waals surface area contributed by atoms with Crippen LogP contribution in [0.5, 0.6) is 17.4 Å². The Morgan fingerprint density at radius 1 is 1.53 bits per heavy atom. The van der Waals surface area contributed by atoms with Crippen molar-refractivity contribution in [2.45, 2.75) is 6.36 Å². The third kappa shape index (κ3) is 3.09. The van der Waals surface area contributed by atoms with Crippen molar-refractivity contribution in [3.63, 3.8) is 0 Å². The smallest absolute Gasteiger partial charge is 0.499 e. The summed E-state index contributed by atoms with van der Waals surface area (Å²) in [5.74, 6) is -3.91. The number of aromatic nitrogens is 1. The van der Waals surface area contributed by atoms with Crippen LogP contribution in [0.25, 0.3) is 0 Å². The molecule has 0 aliphatic heterocycles. The SMILES string of the molecule is COc1nc([N+](=O)[O-])cc(OC(F)(F)F)c1O. The Labute approximate surface area is 91.6 Å². The van der Waals surface area contributed by atoms with Crippen molar-refractivity contribution >= 4 is 5.82 Å². The van der Waals surface area contributed by atoms with E-state index in [1.807, 2.05) is 0 Å². The third-order valence-corrected chi connectivity index (χ3v) is 1.52. The minimum Gasteiger partial charge on any atom is -0.499 e. The highest BCUT2D eigenvalue weighted by molar-refractivity contribution is 5.50. The van der Waals surface area contributed by atoms with Crippen LogP contribution in [0, 0.1) is 10.1 Å². The standard InChI is InChI=1S/C7H5F3N2O5/c1-16-6-5(13)3(17-7(8,9)10)2-4(11-6)12(14)15/h2,13H,1H3. The average molecular weight is 254 g/mol. The molecule has 0 bridgehead atoms. The largest absolute Gasteiger partial charge is 0.573 e. The van der Waals surface area contributed by atoms with Gasteiger partial charge in [-0.1, -0.05) is 0 Å². The average Bonchev–Trinajstić information content (AvgIpc) is 2.18. The minimum atomic E-state index is -5.10. The maximum absolute atomic E-state index is 11.9. The van der Waals surface area contributed by atoms with Gasteiger partial charge in [-0.25, -0.2) is 0 Å². The highest BCUT2D eigenvalue weighted by atomic mass is 19.4. The van der Waals surface area contributed by atoms with E-state index < -0.39 is 34.5 Å². The van der Waals surface area contributed by atoms with E-state index in [-0.39, 0.29) is 0 Å². The Balaban J connectivity index is 3.28. The molecule has 0 spiro atoms. The summed E-state index contributed by atoms with van der Waals surface area (Å²) in [7, 11) is 0.975. The number of pyridine rings is 1. The normalized spacial score (nSPS) is 11.1. The van der Waals surface area contributed by atoms with Crippen molar-refractivity contribution < 1.29 is 32.7 Å². The van der Waals surface area contributed by atoms with E-state index in [1.165, 1.54) is 0 Å². The second kappa shape index (κ2) is 4.31. The maximum Gasteiger partial charge on any atom is 0.573 e. The van der Waals surface area contributed by atoms with Gasteiger partial charge in [0, 0.05) is 4.98 Å². The molecule has 1 heterocycles. The first-order valence-electron chi connectivity index (χ1n) is 3.92. The molecule has 0 saturated heterocycles. The Hall–Kier alpha value is -2.26. The van der Waals surface area contributed by atoms with Gasteiger partial charge in [0.15, 0.2) is 5.75 Å². The van der Waals surface area contributed by atoms with E-state index in [2.05, 4.69) is 14.5 Å². The van der Waals surface area contributed by atoms with Gasteiger partial charge in [-0.2, -0.15) is 0 Å². The Kier molecular flexibility index (Phi) is 3.25. The number of hydrogen-bond acceptors (Lipinski definition) is 6. The molecule has 94 valence electrons. The number of rotatable bonds is 3. The van der Waals surface area contributed by atoms with E-state index in [0.29, 0.717) is 6.07 Å². The molecule has 0 radical (unpaired) electrons. The van der Waals surface area contributed by atoms with Crippen LogP contribution in [0.15, 0.2) is 6.07 Å². The van der Waals surface area contributed by atoms with Crippen LogP contribution in [-0.4, -0.2) is 28.5 Å². The quantitative estimate of drug-likeness (QED) is 0.650. The predicted octanol–water partition coefficient (Wildman–Crippen LogP) is 1.60. The van der Waals surface area contributed by atoms with Crippen LogP contribution >= 0.6 is 0 Å². The van der Waals surface area contributed by atoms with E-state index in [4.69, 9.17) is 0 Å². The molecular formula is C7H5F3N2O5. The highest BCUT2D eigenvalue weighted by Gasteiger charge is 2.35. The molecule has 0 unspecified atom stereocenters. The number of ether oxygens (including phenoxy) is 2. The molecule has 1 N–H and O–H groups in total. The van der Waals surface area contributed by atoms with Crippen molar-refractivity contribution in [2.24, 2.45) is 0 Å². The molecule has 0 fully saturated rings. The molecule has 1 rings (SSSR count). The zero-order chi connectivity index (χ0) is 13.2. The summed E-state index contributed by atoms with van der Waals surface area (Å²) in [5, 5.41) is 19.6. The second-order valence-corrected chi connectivity index (χ2v) is 2.64. The third-order valence-electron chi connectivity index (χ3n) is 1.52. The van der Waals surface area contributed by atoms with Gasteiger partial charge in [0.1, 0.15) is 0 Å². The predicted molar refractivity (Wildman–Crippen MR) is 45.8 cm³/mol. The van der Waals surface area contributed by atoms with Crippen molar-refractivity contribution in [1.82, 2.24) is 4.98 Å². The fourth-order valence-electron chi connectivity index (χ4n) is 0.919. The maximum atomic E-state index is 11.9. The number of methoxy groups -OCH3 is 1. The van der Waals surface area contributed by atoms with E-state index in [9.17, 15) is 28.4 Å². The molecule has 1 aromatic heterocycles. The summed E-state index contributed by atoms with van der Waals surface area (Å²) in [4.78, 5) is 12.5. The lowest BCUT2D eigenvalue weighted by Crippen LogP contribution is -2.17. The highest BCUT2D eigenvalue weighted by Crippen LogP contribution is 2.39. The van der Waals surface area contributed by atoms with Gasteiger partial charge in [0.2, 0.25) is 5.75 Å². The van der Waals surface area contributed by atoms with Crippen LogP contribution < -0.4 is 9.47 Å². The van der Waals surface area contributed by atoms with Gasteiger partial charge in [-0.05, 0) is 4.92 Å². The van der Waals surface area contributed by atoms with Crippen LogP contribution in [0.4, 0.5) is 19.0 Å². The molecule has 0 aromatic carbocycles. The van der Waals surface area contributed by atoms with Crippen LogP contribution in [0.3, 0.4) is 0 Å². The Bertz CT molecular complexity index is 448. The lowest BCUT2D eigenvalue weighted by Gasteiger charge is -2.10. The first kappa shape index (κ1) is 12.8. The summed E-state index contributed by atoms with van der Waals surface area (Å²) >= 11 is 0. The van der Waals surface area contributed by atoms with Gasteiger partial charge in [0.05, 0.1) is 13.2 Å². The van der Waals surface area contributed by atoms with Crippen LogP contribution in [0.1, 0.15) is 0 Å². The lowest BCUT2D eigenvalue weighted by molar-refractivity contribution is -0.389. The molecule has 17 heavy (non-hydrogen) atoms. The van der Waals surface area contributed by atoms with E-state index >= 15 is 0 Å². The van der Waals surface area contributed by atoms with Crippen LogP contribution in [0.2, 0.25) is 0 Å². The second-order valence-electron chi connectivity index (χ2n) is 2.64. The first-order chi connectivity index (χ1) is 7.74. The fourth-order valence-corrected chi connectivity index (χ4v) is 0.919. The van der Waals surface area contributed by atoms with E-state index in [1.54, 1.807) is 0 Å². The summed E-state index contributed by atoms with van der Waals surface area (Å²) in [6, 6.07) is 0.339. The fraction of sp³-hybridized carbons (Fsp3) is 0.286. The van der Waals surface area contributed by atoms with Crippen LogP contribution in [-0.2, 0) is 0 Å². The molecule has 10 heteroatoms. The van der Waals surface area contributed by atoms with E-state index in [0.717, 1.165) is 7.11 Å². The lowest BCUT2D eigenvalue weighted by atomic mass is 10.4. The summed E-state index contributed by atoms with van der Waals surface area (Å²) < 4.78 is 43.5. The monoisotopic (exact) mass is 254 g/mol. The molecule has 1 aromatic rings. The van der Waals surface area contributed by atoms with Crippen molar-refractivity contribution in [2.75, 3.05) is 7.11 Å². The van der Waals surface area contributed by atoms with Crippen molar-refractivity contribution in [1.29, 1.82) is 0 Å². The van der Waals surface area contributed by atoms with Gasteiger partial charge >= 0.3 is 18.1 Å². The zero-order valence-electron chi connectivity index (χ0n) is 8.19. The number of halogens is 3. The Morgan fingerprint density at radius 2 is 2.12 bits per heavy atom. The number of nitrogens with zero attached hydrogens (tertiary/aromatic N) is 2. The van der Waals surface area contributed by atoms with Gasteiger partial charge < -0.3 is 24.7 Å². The summed E-state index contributed by atoms with van der Waals surface area (Å²) in [5.41, 5.74) is 0. The van der Waals surface area contributed by atoms with Gasteiger partial charge in [-0.15, -0.1) is 13.2 Å². The molecule has 0 amide bonds. The summed E-state index contributed by atoms with van der Waals surface area (Å²) in [6.07, 6.45) is -5.10. The van der Waals surface area contributed by atoms with Gasteiger partial charge in [-0.3, -0.25) is 0 Å². The van der Waals surface area contributed by atoms with Crippen molar-refractivity contribution in [3.05, 3.63) is 16.2 Å². The van der Waals surface area contributed by atoms with Gasteiger partial charge in [0.25, 0.3) is 0 Å². The number of hydrogen-bond donors (Lipinski definition) is 1. The molecule has 0 atom stereocenters. The molecular weight excluding hydrogens is 249 g/mol. The summed E-state index contributed by atoms with van der Waals surface area (Å²) in [6.45, 7) is 0. The molecule has 0 aliphatic carbocycles. The Morgan fingerprint density at radius 3 is 2.53 bits per heavy atom. The van der Waals surface area contributed by atoms with Crippen molar-refractivity contribution in [3.8, 4) is 17.4 Å². The number of nitro groups is 1. The first-order valence-corrected chi connectivity index (χ1v) is 3.92.